The number of imide groups is 1. The number of quaternary nitrogens is 1. The van der Waals surface area contributed by atoms with E-state index in [1.807, 2.05) is 0 Å². The number of halogens is 1. The average Bonchev–Trinajstić information content (AvgIpc) is 3.30. The largest absolute Gasteiger partial charge is 0.453 e. The minimum Gasteiger partial charge on any atom is -0.453 e. The second-order valence-electron chi connectivity index (χ2n) is 5.35. The number of rotatable bonds is 5. The number of ether oxygens (including phenoxy) is 1. The van der Waals surface area contributed by atoms with E-state index < -0.39 is 6.09 Å². The molecule has 1 aliphatic rings. The van der Waals surface area contributed by atoms with Gasteiger partial charge in [0.05, 0.1) is 13.2 Å². The van der Waals surface area contributed by atoms with Gasteiger partial charge in [0.25, 0.3) is 5.91 Å². The molecule has 1 unspecified atom stereocenters. The van der Waals surface area contributed by atoms with Crippen molar-refractivity contribution in [2.24, 2.45) is 0 Å². The molecule has 21 heavy (non-hydrogen) atoms. The first-order chi connectivity index (χ1) is 10.0. The molecule has 2 N–H and O–H groups in total. The summed E-state index contributed by atoms with van der Waals surface area (Å²) in [5, 5.41) is 2.21. The summed E-state index contributed by atoms with van der Waals surface area (Å²) >= 11 is 0. The summed E-state index contributed by atoms with van der Waals surface area (Å²) in [4.78, 5) is 24.2. The van der Waals surface area contributed by atoms with Crippen LogP contribution in [0.1, 0.15) is 25.3 Å². The van der Waals surface area contributed by atoms with E-state index in [-0.39, 0.29) is 17.8 Å². The normalized spacial score (nSPS) is 16.9. The highest BCUT2D eigenvalue weighted by Crippen LogP contribution is 2.16. The highest BCUT2D eigenvalue weighted by atomic mass is 19.1. The molecule has 0 bridgehead atoms. The molecule has 6 heteroatoms. The number of hydrogen-bond donors (Lipinski definition) is 2. The first-order valence-electron chi connectivity index (χ1n) is 7.00. The second kappa shape index (κ2) is 6.67. The zero-order valence-corrected chi connectivity index (χ0v) is 12.2. The lowest BCUT2D eigenvalue weighted by Gasteiger charge is -2.25. The fraction of sp³-hybridized carbons (Fsp3) is 0.467. The highest BCUT2D eigenvalue weighted by Gasteiger charge is 2.39. The van der Waals surface area contributed by atoms with Crippen LogP contribution in [0.3, 0.4) is 0 Å². The summed E-state index contributed by atoms with van der Waals surface area (Å²) in [6, 6.07) is 6.32. The maximum Gasteiger partial charge on any atom is 0.413 e. The molecule has 2 rings (SSSR count). The number of nitrogens with one attached hydrogen (secondary N) is 2. The zero-order chi connectivity index (χ0) is 15.4. The molecule has 0 aromatic heterocycles. The van der Waals surface area contributed by atoms with Crippen LogP contribution in [0.15, 0.2) is 24.3 Å². The number of methoxy groups -OCH3 is 1. The third-order valence-electron chi connectivity index (χ3n) is 3.78. The minimum absolute atomic E-state index is 0.275. The predicted molar refractivity (Wildman–Crippen MR) is 74.1 cm³/mol. The van der Waals surface area contributed by atoms with Gasteiger partial charge in [-0.05, 0) is 19.1 Å². The Labute approximate surface area is 123 Å². The van der Waals surface area contributed by atoms with Crippen molar-refractivity contribution < 1.29 is 23.6 Å². The Morgan fingerprint density at radius 1 is 1.38 bits per heavy atom. The van der Waals surface area contributed by atoms with E-state index in [1.54, 1.807) is 19.1 Å². The number of carbonyl (C=O) groups is 2. The summed E-state index contributed by atoms with van der Waals surface area (Å²) in [7, 11) is 1.22. The molecule has 1 aromatic carbocycles. The lowest BCUT2D eigenvalue weighted by Crippen LogP contribution is -3.16. The number of carbonyl (C=O) groups excluding carboxylic acids is 2. The van der Waals surface area contributed by atoms with E-state index >= 15 is 0 Å². The van der Waals surface area contributed by atoms with E-state index in [2.05, 4.69) is 10.1 Å². The van der Waals surface area contributed by atoms with Gasteiger partial charge in [0.1, 0.15) is 12.4 Å². The Morgan fingerprint density at radius 3 is 2.52 bits per heavy atom. The Morgan fingerprint density at radius 2 is 2.00 bits per heavy atom. The van der Waals surface area contributed by atoms with Crippen LogP contribution in [-0.2, 0) is 16.1 Å². The van der Waals surface area contributed by atoms with Crippen molar-refractivity contribution >= 4 is 12.0 Å². The predicted octanol–water partition coefficient (Wildman–Crippen LogP) is 0.644. The number of amides is 2. The molecule has 1 aromatic rings. The lowest BCUT2D eigenvalue weighted by molar-refractivity contribution is -0.938. The SMILES string of the molecule is COC(=O)NC(=O)[C@@H](C)[NH+](Cc1ccc(F)cc1)C1CC1. The van der Waals surface area contributed by atoms with Crippen LogP contribution < -0.4 is 10.2 Å². The molecule has 114 valence electrons. The second-order valence-corrected chi connectivity index (χ2v) is 5.35. The standard InChI is InChI=1S/C15H19FN2O3/c1-10(14(19)17-15(20)21-2)18(13-7-8-13)9-11-3-5-12(16)6-4-11/h3-6,10,13H,7-9H2,1-2H3,(H,17,19,20)/p+1/t10-/m1/s1. The molecule has 1 saturated carbocycles. The topological polar surface area (TPSA) is 59.8 Å². The van der Waals surface area contributed by atoms with Gasteiger partial charge in [0, 0.05) is 18.4 Å². The van der Waals surface area contributed by atoms with Gasteiger partial charge in [-0.3, -0.25) is 10.1 Å². The van der Waals surface area contributed by atoms with Crippen molar-refractivity contribution in [3.8, 4) is 0 Å². The Hall–Kier alpha value is -1.95. The lowest BCUT2D eigenvalue weighted by atomic mass is 10.1. The van der Waals surface area contributed by atoms with Crippen molar-refractivity contribution in [1.82, 2.24) is 5.32 Å². The van der Waals surface area contributed by atoms with Crippen LogP contribution in [0.5, 0.6) is 0 Å². The summed E-state index contributed by atoms with van der Waals surface area (Å²) in [5.74, 6) is -0.630. The fourth-order valence-electron chi connectivity index (χ4n) is 2.37. The Kier molecular flexibility index (Phi) is 4.90. The van der Waals surface area contributed by atoms with Gasteiger partial charge in [-0.25, -0.2) is 9.18 Å². The minimum atomic E-state index is -0.747. The molecular weight excluding hydrogens is 275 g/mol. The maximum atomic E-state index is 12.9. The molecule has 0 aliphatic heterocycles. The molecule has 1 fully saturated rings. The van der Waals surface area contributed by atoms with Gasteiger partial charge in [-0.15, -0.1) is 0 Å². The van der Waals surface area contributed by atoms with Crippen molar-refractivity contribution in [2.45, 2.75) is 38.4 Å². The Balaban J connectivity index is 2.02. The van der Waals surface area contributed by atoms with Crippen LogP contribution in [0.4, 0.5) is 9.18 Å². The van der Waals surface area contributed by atoms with Crippen LogP contribution in [0.2, 0.25) is 0 Å². The maximum absolute atomic E-state index is 12.9. The van der Waals surface area contributed by atoms with Crippen molar-refractivity contribution in [2.75, 3.05) is 7.11 Å². The third kappa shape index (κ3) is 4.26. The molecule has 0 radical (unpaired) electrons. The number of alkyl carbamates (subject to hydrolysis) is 1. The molecule has 2 amide bonds. The average molecular weight is 295 g/mol. The summed E-state index contributed by atoms with van der Waals surface area (Å²) < 4.78 is 17.4. The van der Waals surface area contributed by atoms with Crippen molar-refractivity contribution in [3.63, 3.8) is 0 Å². The highest BCUT2D eigenvalue weighted by molar-refractivity contribution is 5.93. The molecule has 0 spiro atoms. The van der Waals surface area contributed by atoms with E-state index in [4.69, 9.17) is 0 Å². The first-order valence-corrected chi connectivity index (χ1v) is 7.00. The smallest absolute Gasteiger partial charge is 0.413 e. The number of hydrogen-bond acceptors (Lipinski definition) is 3. The van der Waals surface area contributed by atoms with Crippen molar-refractivity contribution in [1.29, 1.82) is 0 Å². The van der Waals surface area contributed by atoms with Crippen LogP contribution in [0.25, 0.3) is 0 Å². The van der Waals surface area contributed by atoms with Crippen LogP contribution >= 0.6 is 0 Å². The third-order valence-corrected chi connectivity index (χ3v) is 3.78. The number of benzene rings is 1. The fourth-order valence-corrected chi connectivity index (χ4v) is 2.37. The van der Waals surface area contributed by atoms with Gasteiger partial charge >= 0.3 is 6.09 Å². The monoisotopic (exact) mass is 295 g/mol. The summed E-state index contributed by atoms with van der Waals surface area (Å²) in [6.07, 6.45) is 1.38. The Bertz CT molecular complexity index is 514. The molecule has 5 nitrogen and oxygen atoms in total. The van der Waals surface area contributed by atoms with E-state index in [1.165, 1.54) is 19.2 Å². The quantitative estimate of drug-likeness (QED) is 0.838. The summed E-state index contributed by atoms with van der Waals surface area (Å²) in [5.41, 5.74) is 0.969. The zero-order valence-electron chi connectivity index (χ0n) is 12.2. The van der Waals surface area contributed by atoms with Crippen LogP contribution in [0, 0.1) is 5.82 Å². The molecule has 0 saturated heterocycles. The van der Waals surface area contributed by atoms with Gasteiger partial charge in [0.2, 0.25) is 0 Å². The van der Waals surface area contributed by atoms with E-state index in [0.717, 1.165) is 23.3 Å². The summed E-state index contributed by atoms with van der Waals surface area (Å²) in [6.45, 7) is 2.41. The van der Waals surface area contributed by atoms with Gasteiger partial charge in [-0.2, -0.15) is 0 Å². The van der Waals surface area contributed by atoms with E-state index in [0.29, 0.717) is 12.6 Å². The van der Waals surface area contributed by atoms with Gasteiger partial charge < -0.3 is 9.64 Å². The molecular formula is C15H20FN2O3+. The van der Waals surface area contributed by atoms with E-state index in [9.17, 15) is 14.0 Å². The molecule has 1 aliphatic carbocycles. The molecule has 2 atom stereocenters. The van der Waals surface area contributed by atoms with Gasteiger partial charge in [0.15, 0.2) is 6.04 Å². The van der Waals surface area contributed by atoms with Crippen LogP contribution in [-0.4, -0.2) is 31.2 Å². The van der Waals surface area contributed by atoms with Crippen molar-refractivity contribution in [3.05, 3.63) is 35.6 Å². The van der Waals surface area contributed by atoms with Gasteiger partial charge in [-0.1, -0.05) is 12.1 Å². The first kappa shape index (κ1) is 15.4. The molecule has 0 heterocycles.